The summed E-state index contributed by atoms with van der Waals surface area (Å²) in [7, 11) is -1.81. The van der Waals surface area contributed by atoms with Crippen molar-refractivity contribution in [1.29, 1.82) is 0 Å². The van der Waals surface area contributed by atoms with Gasteiger partial charge in [0.05, 0.1) is 6.10 Å². The van der Waals surface area contributed by atoms with Crippen LogP contribution in [-0.2, 0) is 19.6 Å². The Bertz CT molecular complexity index is 346. The van der Waals surface area contributed by atoms with Crippen molar-refractivity contribution in [3.63, 3.8) is 0 Å². The monoisotopic (exact) mass is 234 g/mol. The van der Waals surface area contributed by atoms with Gasteiger partial charge in [-0.05, 0) is 0 Å². The summed E-state index contributed by atoms with van der Waals surface area (Å²) in [6, 6.07) is 0. The Hall–Kier alpha value is -0.920. The zero-order chi connectivity index (χ0) is 11.5. The standard InChI is InChI=1S/C8H14N2O4S/c1-3-15(12,13)10-4-7(5-10)14-6-8(11)9-2/h3,7H,1,4-6H2,2H3,(H,9,11). The lowest BCUT2D eigenvalue weighted by Gasteiger charge is -2.36. The number of ether oxygens (including phenoxy) is 1. The normalized spacial score (nSPS) is 18.2. The number of likely N-dealkylation sites (N-methyl/N-ethyl adjacent to an activating group) is 1. The molecule has 0 aromatic carbocycles. The van der Waals surface area contributed by atoms with Crippen LogP contribution in [0.1, 0.15) is 0 Å². The van der Waals surface area contributed by atoms with Crippen LogP contribution in [0.3, 0.4) is 0 Å². The maximum absolute atomic E-state index is 11.2. The molecule has 1 heterocycles. The molecule has 0 aliphatic carbocycles. The maximum atomic E-state index is 11.2. The third kappa shape index (κ3) is 3.01. The number of rotatable bonds is 5. The molecule has 15 heavy (non-hydrogen) atoms. The second kappa shape index (κ2) is 4.73. The summed E-state index contributed by atoms with van der Waals surface area (Å²) in [4.78, 5) is 10.8. The molecule has 6 nitrogen and oxygen atoms in total. The average molecular weight is 234 g/mol. The van der Waals surface area contributed by atoms with Crippen LogP contribution in [0.2, 0.25) is 0 Å². The Labute approximate surface area is 88.9 Å². The molecule has 0 spiro atoms. The maximum Gasteiger partial charge on any atom is 0.245 e. The lowest BCUT2D eigenvalue weighted by Crippen LogP contribution is -2.54. The summed E-state index contributed by atoms with van der Waals surface area (Å²) in [6.45, 7) is 3.74. The highest BCUT2D eigenvalue weighted by Crippen LogP contribution is 2.16. The van der Waals surface area contributed by atoms with Crippen LogP contribution in [0.25, 0.3) is 0 Å². The van der Waals surface area contributed by atoms with E-state index in [4.69, 9.17) is 4.74 Å². The van der Waals surface area contributed by atoms with Crippen LogP contribution in [0, 0.1) is 0 Å². The summed E-state index contributed by atoms with van der Waals surface area (Å²) in [5, 5.41) is 3.31. The first kappa shape index (κ1) is 12.2. The van der Waals surface area contributed by atoms with Crippen molar-refractivity contribution in [2.45, 2.75) is 6.10 Å². The van der Waals surface area contributed by atoms with Gasteiger partial charge in [-0.25, -0.2) is 8.42 Å². The van der Waals surface area contributed by atoms with Crippen molar-refractivity contribution in [3.05, 3.63) is 12.0 Å². The smallest absolute Gasteiger partial charge is 0.245 e. The van der Waals surface area contributed by atoms with Gasteiger partial charge >= 0.3 is 0 Å². The topological polar surface area (TPSA) is 75.7 Å². The summed E-state index contributed by atoms with van der Waals surface area (Å²) < 4.78 is 28.8. The molecule has 1 N–H and O–H groups in total. The first-order valence-electron chi connectivity index (χ1n) is 4.44. The minimum atomic E-state index is -3.32. The van der Waals surface area contributed by atoms with Crippen LogP contribution < -0.4 is 5.32 Å². The van der Waals surface area contributed by atoms with Crippen molar-refractivity contribution < 1.29 is 17.9 Å². The number of carbonyl (C=O) groups excluding carboxylic acids is 1. The molecule has 1 amide bonds. The largest absolute Gasteiger partial charge is 0.366 e. The van der Waals surface area contributed by atoms with Gasteiger partial charge in [0.25, 0.3) is 0 Å². The van der Waals surface area contributed by atoms with Gasteiger partial charge < -0.3 is 10.1 Å². The number of sulfonamides is 1. The van der Waals surface area contributed by atoms with E-state index in [1.807, 2.05) is 0 Å². The number of hydrogen-bond donors (Lipinski definition) is 1. The Morgan fingerprint density at radius 2 is 2.27 bits per heavy atom. The lowest BCUT2D eigenvalue weighted by molar-refractivity contribution is -0.129. The van der Waals surface area contributed by atoms with Crippen LogP contribution in [0.5, 0.6) is 0 Å². The predicted octanol–water partition coefficient (Wildman–Crippen LogP) is -1.09. The van der Waals surface area contributed by atoms with Crippen LogP contribution in [-0.4, -0.2) is 51.5 Å². The molecule has 0 unspecified atom stereocenters. The summed E-state index contributed by atoms with van der Waals surface area (Å²) in [6.07, 6.45) is -0.197. The summed E-state index contributed by atoms with van der Waals surface area (Å²) in [5.74, 6) is -0.222. The number of nitrogens with zero attached hydrogens (tertiary/aromatic N) is 1. The van der Waals surface area contributed by atoms with Crippen molar-refractivity contribution in [3.8, 4) is 0 Å². The van der Waals surface area contributed by atoms with E-state index in [1.54, 1.807) is 0 Å². The van der Waals surface area contributed by atoms with Crippen molar-refractivity contribution >= 4 is 15.9 Å². The molecule has 1 aliphatic heterocycles. The van der Waals surface area contributed by atoms with Crippen LogP contribution in [0.4, 0.5) is 0 Å². The highest BCUT2D eigenvalue weighted by Gasteiger charge is 2.34. The summed E-state index contributed by atoms with van der Waals surface area (Å²) >= 11 is 0. The van der Waals surface area contributed by atoms with E-state index in [1.165, 1.54) is 11.4 Å². The van der Waals surface area contributed by atoms with E-state index in [-0.39, 0.29) is 31.7 Å². The van der Waals surface area contributed by atoms with Crippen LogP contribution in [0.15, 0.2) is 12.0 Å². The Morgan fingerprint density at radius 1 is 1.67 bits per heavy atom. The Morgan fingerprint density at radius 3 is 2.73 bits per heavy atom. The highest BCUT2D eigenvalue weighted by atomic mass is 32.2. The van der Waals surface area contributed by atoms with E-state index in [9.17, 15) is 13.2 Å². The molecular formula is C8H14N2O4S. The van der Waals surface area contributed by atoms with Crippen LogP contribution >= 0.6 is 0 Å². The highest BCUT2D eigenvalue weighted by molar-refractivity contribution is 7.92. The predicted molar refractivity (Wildman–Crippen MR) is 54.5 cm³/mol. The zero-order valence-electron chi connectivity index (χ0n) is 8.47. The fourth-order valence-corrected chi connectivity index (χ4v) is 2.04. The first-order chi connectivity index (χ1) is 6.99. The van der Waals surface area contributed by atoms with Gasteiger partial charge in [0, 0.05) is 25.5 Å². The van der Waals surface area contributed by atoms with E-state index in [2.05, 4.69) is 11.9 Å². The number of nitrogens with one attached hydrogen (secondary N) is 1. The lowest BCUT2D eigenvalue weighted by atomic mass is 10.2. The van der Waals surface area contributed by atoms with Crippen molar-refractivity contribution in [2.75, 3.05) is 26.7 Å². The minimum absolute atomic E-state index is 0.0385. The Balaban J connectivity index is 2.27. The fraction of sp³-hybridized carbons (Fsp3) is 0.625. The SMILES string of the molecule is C=CS(=O)(=O)N1CC(OCC(=O)NC)C1. The second-order valence-corrected chi connectivity index (χ2v) is 5.01. The average Bonchev–Trinajstić information content (AvgIpc) is 2.14. The van der Waals surface area contributed by atoms with Gasteiger partial charge in [-0.1, -0.05) is 6.58 Å². The molecule has 1 aliphatic rings. The molecule has 0 radical (unpaired) electrons. The third-order valence-electron chi connectivity index (χ3n) is 2.11. The third-order valence-corrected chi connectivity index (χ3v) is 3.55. The van der Waals surface area contributed by atoms with E-state index < -0.39 is 10.0 Å². The number of carbonyl (C=O) groups is 1. The van der Waals surface area contributed by atoms with Gasteiger partial charge in [-0.3, -0.25) is 4.79 Å². The molecule has 0 saturated carbocycles. The fourth-order valence-electron chi connectivity index (χ4n) is 1.09. The molecule has 1 rings (SSSR count). The van der Waals surface area contributed by atoms with E-state index in [0.717, 1.165) is 5.41 Å². The van der Waals surface area contributed by atoms with Gasteiger partial charge in [-0.15, -0.1) is 0 Å². The van der Waals surface area contributed by atoms with Gasteiger partial charge in [0.1, 0.15) is 6.61 Å². The molecule has 1 fully saturated rings. The van der Waals surface area contributed by atoms with Crippen molar-refractivity contribution in [2.24, 2.45) is 0 Å². The van der Waals surface area contributed by atoms with E-state index >= 15 is 0 Å². The molecule has 86 valence electrons. The Kier molecular flexibility index (Phi) is 3.83. The molecule has 0 atom stereocenters. The zero-order valence-corrected chi connectivity index (χ0v) is 9.29. The number of hydrogen-bond acceptors (Lipinski definition) is 4. The minimum Gasteiger partial charge on any atom is -0.366 e. The molecular weight excluding hydrogens is 220 g/mol. The molecule has 0 aromatic rings. The molecule has 1 saturated heterocycles. The molecule has 0 bridgehead atoms. The molecule has 0 aromatic heterocycles. The van der Waals surface area contributed by atoms with Gasteiger partial charge in [-0.2, -0.15) is 4.31 Å². The van der Waals surface area contributed by atoms with Gasteiger partial charge in [0.2, 0.25) is 15.9 Å². The van der Waals surface area contributed by atoms with Crippen molar-refractivity contribution in [1.82, 2.24) is 9.62 Å². The van der Waals surface area contributed by atoms with Gasteiger partial charge in [0.15, 0.2) is 0 Å². The first-order valence-corrected chi connectivity index (χ1v) is 5.94. The molecule has 7 heteroatoms. The number of amides is 1. The second-order valence-electron chi connectivity index (χ2n) is 3.13. The van der Waals surface area contributed by atoms with E-state index in [0.29, 0.717) is 0 Å². The summed E-state index contributed by atoms with van der Waals surface area (Å²) in [5.41, 5.74) is 0. The quantitative estimate of drug-likeness (QED) is 0.655.